The average Bonchev–Trinajstić information content (AvgIpc) is 0.811. The molecule has 0 radical (unpaired) electrons. The Morgan fingerprint density at radius 2 is 1.50 bits per heavy atom. The second-order valence-electron chi connectivity index (χ2n) is 0.785. The molecule has 0 aliphatic carbocycles. The van der Waals surface area contributed by atoms with Crippen molar-refractivity contribution in [2.75, 3.05) is 13.3 Å². The summed E-state index contributed by atoms with van der Waals surface area (Å²) in [5.41, 5.74) is 0. The molecule has 0 fully saturated rings. The molecule has 0 atom stereocenters. The van der Waals surface area contributed by atoms with Gasteiger partial charge < -0.3 is 0 Å². The Hall–Kier alpha value is 0.360. The predicted molar refractivity (Wildman–Crippen MR) is 19.9 cm³/mol. The van der Waals surface area contributed by atoms with E-state index in [-0.39, 0.29) is 0 Å². The van der Waals surface area contributed by atoms with E-state index in [9.17, 15) is 4.20 Å². The Bertz CT molecular complexity index is 10.8. The highest BCUT2D eigenvalue weighted by molar-refractivity contribution is 7.50. The fourth-order valence-corrected chi connectivity index (χ4v) is 0. The standard InChI is InChI=1S/C2H6FP/c1-4(2)3/h1-2H3. The van der Waals surface area contributed by atoms with Gasteiger partial charge in [-0.3, -0.25) is 0 Å². The lowest BCUT2D eigenvalue weighted by atomic mass is 11.9. The maximum absolute atomic E-state index is 11.1. The molecular formula is C2H6FP. The second-order valence-corrected chi connectivity index (χ2v) is 2.36. The minimum atomic E-state index is -1.12. The molecule has 0 nitrogen and oxygen atoms in total. The monoisotopic (exact) mass is 80.0 g/mol. The molecule has 0 aromatic carbocycles. The van der Waals surface area contributed by atoms with Crippen molar-refractivity contribution in [3.63, 3.8) is 0 Å². The van der Waals surface area contributed by atoms with Gasteiger partial charge in [0.1, 0.15) is 0 Å². The summed E-state index contributed by atoms with van der Waals surface area (Å²) in [7, 11) is -1.12. The summed E-state index contributed by atoms with van der Waals surface area (Å²) in [6.45, 7) is 3.13. The van der Waals surface area contributed by atoms with Crippen molar-refractivity contribution in [1.82, 2.24) is 0 Å². The van der Waals surface area contributed by atoms with Crippen molar-refractivity contribution in [3.8, 4) is 0 Å². The first kappa shape index (κ1) is 4.36. The van der Waals surface area contributed by atoms with Gasteiger partial charge in [0, 0.05) is 0 Å². The van der Waals surface area contributed by atoms with E-state index in [1.165, 1.54) is 0 Å². The molecule has 0 aliphatic rings. The fraction of sp³-hybridized carbons (Fsp3) is 1.00. The van der Waals surface area contributed by atoms with E-state index in [1.807, 2.05) is 0 Å². The Morgan fingerprint density at radius 3 is 1.50 bits per heavy atom. The van der Waals surface area contributed by atoms with Crippen LogP contribution < -0.4 is 0 Å². The maximum atomic E-state index is 11.1. The van der Waals surface area contributed by atoms with Crippen molar-refractivity contribution in [2.24, 2.45) is 0 Å². The van der Waals surface area contributed by atoms with Gasteiger partial charge in [0.15, 0.2) is 0 Å². The number of hydrogen-bond donors (Lipinski definition) is 0. The summed E-state index contributed by atoms with van der Waals surface area (Å²) in [4.78, 5) is 0. The molecule has 0 heterocycles. The molecule has 0 unspecified atom stereocenters. The normalized spacial score (nSPS) is 9.00. The van der Waals surface area contributed by atoms with Crippen LogP contribution in [0.1, 0.15) is 0 Å². The lowest BCUT2D eigenvalue weighted by Gasteiger charge is -1.74. The zero-order chi connectivity index (χ0) is 3.58. The van der Waals surface area contributed by atoms with E-state index in [4.69, 9.17) is 0 Å². The average molecular weight is 80.0 g/mol. The first-order valence-corrected chi connectivity index (χ1v) is 3.19. The summed E-state index contributed by atoms with van der Waals surface area (Å²) < 4.78 is 11.1. The Kier molecular flexibility index (Phi) is 1.81. The van der Waals surface area contributed by atoms with Crippen LogP contribution >= 0.6 is 8.23 Å². The zero-order valence-corrected chi connectivity index (χ0v) is 3.72. The second kappa shape index (κ2) is 1.66. The summed E-state index contributed by atoms with van der Waals surface area (Å²) in [5.74, 6) is 0. The van der Waals surface area contributed by atoms with Gasteiger partial charge in [-0.15, -0.1) is 0 Å². The molecule has 0 saturated carbocycles. The van der Waals surface area contributed by atoms with Crippen LogP contribution in [0.15, 0.2) is 0 Å². The lowest BCUT2D eigenvalue weighted by molar-refractivity contribution is 0.906. The SMILES string of the molecule is CP(C)F. The molecule has 0 spiro atoms. The summed E-state index contributed by atoms with van der Waals surface area (Å²) in [6, 6.07) is 0. The molecule has 0 N–H and O–H groups in total. The van der Waals surface area contributed by atoms with Gasteiger partial charge in [-0.25, -0.2) is 4.20 Å². The van der Waals surface area contributed by atoms with Gasteiger partial charge in [0.2, 0.25) is 0 Å². The van der Waals surface area contributed by atoms with Crippen LogP contribution in [0.4, 0.5) is 4.20 Å². The summed E-state index contributed by atoms with van der Waals surface area (Å²) in [5, 5.41) is 0. The van der Waals surface area contributed by atoms with E-state index < -0.39 is 8.23 Å². The van der Waals surface area contributed by atoms with Crippen molar-refractivity contribution >= 4 is 8.23 Å². The van der Waals surface area contributed by atoms with Crippen molar-refractivity contribution < 1.29 is 4.20 Å². The molecule has 0 amide bonds. The third-order valence-corrected chi connectivity index (χ3v) is 0. The number of rotatable bonds is 0. The molecule has 26 valence electrons. The Labute approximate surface area is 26.9 Å². The van der Waals surface area contributed by atoms with Gasteiger partial charge in [-0.1, -0.05) is 0 Å². The first-order valence-electron chi connectivity index (χ1n) is 1.06. The molecule has 0 aliphatic heterocycles. The molecular weight excluding hydrogens is 74.0 g/mol. The first-order chi connectivity index (χ1) is 1.73. The predicted octanol–water partition coefficient (Wildman–Crippen LogP) is 1.61. The molecule has 0 saturated heterocycles. The van der Waals surface area contributed by atoms with Crippen LogP contribution in [0.2, 0.25) is 0 Å². The third kappa shape index (κ3) is 33.7. The van der Waals surface area contributed by atoms with Crippen molar-refractivity contribution in [2.45, 2.75) is 0 Å². The van der Waals surface area contributed by atoms with E-state index in [1.54, 1.807) is 13.3 Å². The van der Waals surface area contributed by atoms with E-state index >= 15 is 0 Å². The van der Waals surface area contributed by atoms with Gasteiger partial charge >= 0.3 is 0 Å². The Balaban J connectivity index is 2.32. The Morgan fingerprint density at radius 1 is 1.50 bits per heavy atom. The highest BCUT2D eigenvalue weighted by atomic mass is 31.2. The minimum absolute atomic E-state index is 1.12. The van der Waals surface area contributed by atoms with Crippen LogP contribution in [0, 0.1) is 0 Å². The van der Waals surface area contributed by atoms with Gasteiger partial charge in [0.05, 0.1) is 8.23 Å². The number of halogens is 1. The maximum Gasteiger partial charge on any atom is 0.0749 e. The van der Waals surface area contributed by atoms with E-state index in [2.05, 4.69) is 0 Å². The van der Waals surface area contributed by atoms with Gasteiger partial charge in [-0.05, 0) is 13.3 Å². The quantitative estimate of drug-likeness (QED) is 0.388. The lowest BCUT2D eigenvalue weighted by Crippen LogP contribution is -1.38. The summed E-state index contributed by atoms with van der Waals surface area (Å²) >= 11 is 0. The van der Waals surface area contributed by atoms with E-state index in [0.29, 0.717) is 0 Å². The highest BCUT2D eigenvalue weighted by Crippen LogP contribution is 2.23. The van der Waals surface area contributed by atoms with Crippen LogP contribution in [0.5, 0.6) is 0 Å². The minimum Gasteiger partial charge on any atom is -0.228 e. The van der Waals surface area contributed by atoms with Crippen molar-refractivity contribution in [1.29, 1.82) is 0 Å². The highest BCUT2D eigenvalue weighted by Gasteiger charge is 1.73. The molecule has 0 bridgehead atoms. The zero-order valence-electron chi connectivity index (χ0n) is 2.83. The molecule has 2 heteroatoms. The number of hydrogen-bond acceptors (Lipinski definition) is 0. The molecule has 0 rings (SSSR count). The molecule has 4 heavy (non-hydrogen) atoms. The van der Waals surface area contributed by atoms with Crippen LogP contribution in [-0.2, 0) is 0 Å². The molecule has 0 aromatic rings. The topological polar surface area (TPSA) is 0 Å². The fourth-order valence-electron chi connectivity index (χ4n) is 0. The van der Waals surface area contributed by atoms with Crippen molar-refractivity contribution in [3.05, 3.63) is 0 Å². The molecule has 0 aromatic heterocycles. The van der Waals surface area contributed by atoms with Crippen LogP contribution in [0.3, 0.4) is 0 Å². The van der Waals surface area contributed by atoms with Crippen LogP contribution in [0.25, 0.3) is 0 Å². The third-order valence-electron chi connectivity index (χ3n) is 0. The van der Waals surface area contributed by atoms with E-state index in [0.717, 1.165) is 0 Å². The van der Waals surface area contributed by atoms with Crippen LogP contribution in [-0.4, -0.2) is 13.3 Å². The summed E-state index contributed by atoms with van der Waals surface area (Å²) in [6.07, 6.45) is 0. The van der Waals surface area contributed by atoms with Gasteiger partial charge in [-0.2, -0.15) is 0 Å². The van der Waals surface area contributed by atoms with Gasteiger partial charge in [0.25, 0.3) is 0 Å². The largest absolute Gasteiger partial charge is 0.228 e. The smallest absolute Gasteiger partial charge is 0.0749 e.